The maximum atomic E-state index is 12.2. The zero-order valence-corrected chi connectivity index (χ0v) is 12.3. The van der Waals surface area contributed by atoms with Gasteiger partial charge in [-0.25, -0.2) is 0 Å². The van der Waals surface area contributed by atoms with E-state index in [9.17, 15) is 4.79 Å². The van der Waals surface area contributed by atoms with Crippen LogP contribution in [0.3, 0.4) is 0 Å². The Morgan fingerprint density at radius 2 is 1.84 bits per heavy atom. The first-order valence-electron chi connectivity index (χ1n) is 6.31. The van der Waals surface area contributed by atoms with Gasteiger partial charge in [0.05, 0.1) is 0 Å². The van der Waals surface area contributed by atoms with Crippen molar-refractivity contribution in [3.05, 3.63) is 34.9 Å². The summed E-state index contributed by atoms with van der Waals surface area (Å²) in [5.74, 6) is -0.205. The lowest BCUT2D eigenvalue weighted by atomic mass is 10.2. The van der Waals surface area contributed by atoms with Crippen LogP contribution in [0.25, 0.3) is 0 Å². The highest BCUT2D eigenvalue weighted by Crippen LogP contribution is 2.17. The number of carbonyl (C=O) groups excluding carboxylic acids is 1. The monoisotopic (exact) mass is 285 g/mol. The van der Waals surface area contributed by atoms with Gasteiger partial charge in [0.2, 0.25) is 6.29 Å². The minimum atomic E-state index is -0.845. The molecule has 0 unspecified atom stereocenters. The second-order valence-electron chi connectivity index (χ2n) is 4.03. The SMILES string of the molecule is CCOC(OCC)C(=O)N(C)Cc1ccccc1Cl. The highest BCUT2D eigenvalue weighted by molar-refractivity contribution is 6.31. The van der Waals surface area contributed by atoms with Crippen LogP contribution in [0.15, 0.2) is 24.3 Å². The van der Waals surface area contributed by atoms with Crippen LogP contribution in [0.2, 0.25) is 5.02 Å². The molecule has 0 saturated heterocycles. The molecule has 0 spiro atoms. The molecular formula is C14H20ClNO3. The summed E-state index contributed by atoms with van der Waals surface area (Å²) in [6.07, 6.45) is -0.845. The molecule has 0 aliphatic rings. The Morgan fingerprint density at radius 3 is 2.37 bits per heavy atom. The van der Waals surface area contributed by atoms with Gasteiger partial charge in [0, 0.05) is 31.8 Å². The van der Waals surface area contributed by atoms with Gasteiger partial charge in [0.25, 0.3) is 5.91 Å². The molecule has 4 nitrogen and oxygen atoms in total. The fourth-order valence-electron chi connectivity index (χ4n) is 1.63. The lowest BCUT2D eigenvalue weighted by molar-refractivity contribution is -0.179. The van der Waals surface area contributed by atoms with Gasteiger partial charge in [0.1, 0.15) is 0 Å². The van der Waals surface area contributed by atoms with E-state index in [0.717, 1.165) is 5.56 Å². The van der Waals surface area contributed by atoms with E-state index >= 15 is 0 Å². The molecule has 0 bridgehead atoms. The van der Waals surface area contributed by atoms with E-state index in [-0.39, 0.29) is 5.91 Å². The van der Waals surface area contributed by atoms with Crippen LogP contribution in [-0.4, -0.2) is 37.4 Å². The average molecular weight is 286 g/mol. The number of benzene rings is 1. The summed E-state index contributed by atoms with van der Waals surface area (Å²) in [4.78, 5) is 13.7. The Morgan fingerprint density at radius 1 is 1.26 bits per heavy atom. The van der Waals surface area contributed by atoms with Crippen molar-refractivity contribution in [2.75, 3.05) is 20.3 Å². The summed E-state index contributed by atoms with van der Waals surface area (Å²) in [6, 6.07) is 7.44. The number of rotatable bonds is 7. The van der Waals surface area contributed by atoms with Gasteiger partial charge in [-0.1, -0.05) is 29.8 Å². The van der Waals surface area contributed by atoms with Crippen molar-refractivity contribution >= 4 is 17.5 Å². The molecule has 19 heavy (non-hydrogen) atoms. The van der Waals surface area contributed by atoms with Gasteiger partial charge in [0.15, 0.2) is 0 Å². The van der Waals surface area contributed by atoms with Crippen LogP contribution in [0.5, 0.6) is 0 Å². The summed E-state index contributed by atoms with van der Waals surface area (Å²) in [6.45, 7) is 4.93. The van der Waals surface area contributed by atoms with Crippen molar-refractivity contribution < 1.29 is 14.3 Å². The maximum absolute atomic E-state index is 12.2. The third kappa shape index (κ3) is 4.82. The number of amides is 1. The number of ether oxygens (including phenoxy) is 2. The lowest BCUT2D eigenvalue weighted by Crippen LogP contribution is -2.39. The topological polar surface area (TPSA) is 38.8 Å². The van der Waals surface area contributed by atoms with E-state index in [1.807, 2.05) is 32.0 Å². The van der Waals surface area contributed by atoms with Crippen molar-refractivity contribution in [1.29, 1.82) is 0 Å². The van der Waals surface area contributed by atoms with Gasteiger partial charge in [-0.05, 0) is 25.5 Å². The predicted octanol–water partition coefficient (Wildman–Crippen LogP) is 2.70. The normalized spacial score (nSPS) is 10.8. The van der Waals surface area contributed by atoms with E-state index < -0.39 is 6.29 Å². The Bertz CT molecular complexity index is 405. The molecule has 0 aromatic heterocycles. The van der Waals surface area contributed by atoms with E-state index in [1.165, 1.54) is 0 Å². The molecule has 1 rings (SSSR count). The number of hydrogen-bond donors (Lipinski definition) is 0. The summed E-state index contributed by atoms with van der Waals surface area (Å²) in [5, 5.41) is 0.645. The third-order valence-electron chi connectivity index (χ3n) is 2.58. The molecule has 1 amide bonds. The summed E-state index contributed by atoms with van der Waals surface area (Å²) >= 11 is 6.07. The molecule has 106 valence electrons. The van der Waals surface area contributed by atoms with E-state index in [0.29, 0.717) is 24.8 Å². The van der Waals surface area contributed by atoms with Crippen LogP contribution in [0, 0.1) is 0 Å². The predicted molar refractivity (Wildman–Crippen MR) is 75.0 cm³/mol. The average Bonchev–Trinajstić information content (AvgIpc) is 2.40. The summed E-state index contributed by atoms with van der Waals surface area (Å²) in [5.41, 5.74) is 0.895. The molecule has 1 aromatic carbocycles. The Labute approximate surface area is 119 Å². The quantitative estimate of drug-likeness (QED) is 0.723. The smallest absolute Gasteiger partial charge is 0.279 e. The zero-order chi connectivity index (χ0) is 14.3. The van der Waals surface area contributed by atoms with Gasteiger partial charge >= 0.3 is 0 Å². The number of carbonyl (C=O) groups is 1. The number of hydrogen-bond acceptors (Lipinski definition) is 3. The van der Waals surface area contributed by atoms with E-state index in [2.05, 4.69) is 0 Å². The van der Waals surface area contributed by atoms with Crippen molar-refractivity contribution in [3.63, 3.8) is 0 Å². The molecule has 0 saturated carbocycles. The highest BCUT2D eigenvalue weighted by Gasteiger charge is 2.23. The Balaban J connectivity index is 2.68. The third-order valence-corrected chi connectivity index (χ3v) is 2.95. The molecule has 0 N–H and O–H groups in total. The fraction of sp³-hybridized carbons (Fsp3) is 0.500. The molecule has 0 fully saturated rings. The molecule has 0 atom stereocenters. The Hall–Kier alpha value is -1.10. The minimum absolute atomic E-state index is 0.205. The minimum Gasteiger partial charge on any atom is -0.345 e. The van der Waals surface area contributed by atoms with Crippen LogP contribution in [0.1, 0.15) is 19.4 Å². The van der Waals surface area contributed by atoms with Crippen LogP contribution >= 0.6 is 11.6 Å². The molecule has 0 aliphatic heterocycles. The maximum Gasteiger partial charge on any atom is 0.279 e. The first kappa shape index (κ1) is 16.0. The molecule has 5 heteroatoms. The largest absolute Gasteiger partial charge is 0.345 e. The van der Waals surface area contributed by atoms with Gasteiger partial charge < -0.3 is 14.4 Å². The Kier molecular flexibility index (Phi) is 6.84. The summed E-state index contributed by atoms with van der Waals surface area (Å²) in [7, 11) is 1.71. The van der Waals surface area contributed by atoms with Gasteiger partial charge in [-0.15, -0.1) is 0 Å². The zero-order valence-electron chi connectivity index (χ0n) is 11.6. The molecule has 0 radical (unpaired) electrons. The van der Waals surface area contributed by atoms with E-state index in [1.54, 1.807) is 18.0 Å². The first-order chi connectivity index (χ1) is 9.10. The van der Waals surface area contributed by atoms with Crippen LogP contribution in [-0.2, 0) is 20.8 Å². The second-order valence-corrected chi connectivity index (χ2v) is 4.44. The molecular weight excluding hydrogens is 266 g/mol. The van der Waals surface area contributed by atoms with Crippen molar-refractivity contribution in [2.45, 2.75) is 26.7 Å². The van der Waals surface area contributed by atoms with Crippen molar-refractivity contribution in [3.8, 4) is 0 Å². The van der Waals surface area contributed by atoms with E-state index in [4.69, 9.17) is 21.1 Å². The number of nitrogens with zero attached hydrogens (tertiary/aromatic N) is 1. The lowest BCUT2D eigenvalue weighted by Gasteiger charge is -2.23. The molecule has 0 heterocycles. The number of halogens is 1. The van der Waals surface area contributed by atoms with Crippen LogP contribution in [0.4, 0.5) is 0 Å². The standard InChI is InChI=1S/C14H20ClNO3/c1-4-18-14(19-5-2)13(17)16(3)10-11-8-6-7-9-12(11)15/h6-9,14H,4-5,10H2,1-3H3. The van der Waals surface area contributed by atoms with Crippen molar-refractivity contribution in [2.24, 2.45) is 0 Å². The first-order valence-corrected chi connectivity index (χ1v) is 6.69. The van der Waals surface area contributed by atoms with Gasteiger partial charge in [-0.3, -0.25) is 4.79 Å². The fourth-order valence-corrected chi connectivity index (χ4v) is 1.83. The summed E-state index contributed by atoms with van der Waals surface area (Å²) < 4.78 is 10.6. The number of likely N-dealkylation sites (N-methyl/N-ethyl adjacent to an activating group) is 1. The van der Waals surface area contributed by atoms with Crippen molar-refractivity contribution in [1.82, 2.24) is 4.90 Å². The molecule has 1 aromatic rings. The van der Waals surface area contributed by atoms with Crippen LogP contribution < -0.4 is 0 Å². The second kappa shape index (κ2) is 8.15. The van der Waals surface area contributed by atoms with Gasteiger partial charge in [-0.2, -0.15) is 0 Å². The molecule has 0 aliphatic carbocycles. The highest BCUT2D eigenvalue weighted by atomic mass is 35.5.